The second kappa shape index (κ2) is 7.04. The minimum atomic E-state index is -4.09. The Labute approximate surface area is 101 Å². The molecule has 100 valence electrons. The number of rotatable bonds is 4. The molecule has 0 aromatic heterocycles. The molecular formula is C13H22F3N. The van der Waals surface area contributed by atoms with Crippen molar-refractivity contribution in [1.82, 2.24) is 5.32 Å². The van der Waals surface area contributed by atoms with E-state index in [4.69, 9.17) is 0 Å². The predicted molar refractivity (Wildman–Crippen MR) is 63.9 cm³/mol. The molecule has 17 heavy (non-hydrogen) atoms. The molecule has 1 nitrogen and oxygen atoms in total. The van der Waals surface area contributed by atoms with Crippen LogP contribution in [0.4, 0.5) is 13.2 Å². The lowest BCUT2D eigenvalue weighted by atomic mass is 9.93. The van der Waals surface area contributed by atoms with Gasteiger partial charge in [-0.1, -0.05) is 31.4 Å². The van der Waals surface area contributed by atoms with Gasteiger partial charge in [0.25, 0.3) is 0 Å². The van der Waals surface area contributed by atoms with E-state index in [2.05, 4.69) is 5.32 Å². The number of hydrogen-bond acceptors (Lipinski definition) is 1. The summed E-state index contributed by atoms with van der Waals surface area (Å²) in [7, 11) is 0. The fourth-order valence-corrected chi connectivity index (χ4v) is 2.35. The summed E-state index contributed by atoms with van der Waals surface area (Å²) < 4.78 is 37.5. The topological polar surface area (TPSA) is 12.0 Å². The lowest BCUT2D eigenvalue weighted by Gasteiger charge is -2.24. The SMILES string of the molecule is CCNC(CC(F)(F)F)C1=CCCCCCC1. The highest BCUT2D eigenvalue weighted by Gasteiger charge is 2.32. The fourth-order valence-electron chi connectivity index (χ4n) is 2.35. The first-order valence-corrected chi connectivity index (χ1v) is 6.52. The Morgan fingerprint density at radius 3 is 2.59 bits per heavy atom. The van der Waals surface area contributed by atoms with E-state index < -0.39 is 18.6 Å². The van der Waals surface area contributed by atoms with Crippen LogP contribution in [0.5, 0.6) is 0 Å². The van der Waals surface area contributed by atoms with Crippen molar-refractivity contribution in [1.29, 1.82) is 0 Å². The van der Waals surface area contributed by atoms with Gasteiger partial charge < -0.3 is 5.32 Å². The molecule has 1 N–H and O–H groups in total. The van der Waals surface area contributed by atoms with Gasteiger partial charge in [-0.2, -0.15) is 13.2 Å². The molecule has 1 aliphatic rings. The minimum Gasteiger partial charge on any atom is -0.310 e. The van der Waals surface area contributed by atoms with Gasteiger partial charge >= 0.3 is 6.18 Å². The van der Waals surface area contributed by atoms with Crippen LogP contribution in [-0.4, -0.2) is 18.8 Å². The monoisotopic (exact) mass is 249 g/mol. The molecule has 1 unspecified atom stereocenters. The molecule has 0 fully saturated rings. The molecule has 0 aromatic rings. The van der Waals surface area contributed by atoms with Gasteiger partial charge in [-0.3, -0.25) is 0 Å². The van der Waals surface area contributed by atoms with Gasteiger partial charge in [0, 0.05) is 6.04 Å². The Morgan fingerprint density at radius 2 is 1.94 bits per heavy atom. The zero-order valence-corrected chi connectivity index (χ0v) is 10.4. The van der Waals surface area contributed by atoms with Crippen molar-refractivity contribution >= 4 is 0 Å². The van der Waals surface area contributed by atoms with E-state index in [0.29, 0.717) is 6.54 Å². The van der Waals surface area contributed by atoms with Crippen LogP contribution in [0.2, 0.25) is 0 Å². The van der Waals surface area contributed by atoms with E-state index >= 15 is 0 Å². The zero-order valence-electron chi connectivity index (χ0n) is 10.4. The number of hydrogen-bond donors (Lipinski definition) is 1. The molecule has 1 rings (SSSR count). The maximum absolute atomic E-state index is 12.5. The van der Waals surface area contributed by atoms with Crippen molar-refractivity contribution in [2.75, 3.05) is 6.54 Å². The van der Waals surface area contributed by atoms with Crippen molar-refractivity contribution in [3.8, 4) is 0 Å². The average Bonchev–Trinajstić information content (AvgIpc) is 2.14. The lowest BCUT2D eigenvalue weighted by molar-refractivity contribution is -0.138. The summed E-state index contributed by atoms with van der Waals surface area (Å²) in [6.07, 6.45) is 3.40. The van der Waals surface area contributed by atoms with Crippen molar-refractivity contribution < 1.29 is 13.2 Å². The van der Waals surface area contributed by atoms with Crippen LogP contribution in [0.3, 0.4) is 0 Å². The Balaban J connectivity index is 2.66. The standard InChI is InChI=1S/C13H22F3N/c1-2-17-12(10-13(14,15)16)11-8-6-4-3-5-7-9-11/h8,12,17H,2-7,9-10H2,1H3. The molecular weight excluding hydrogens is 227 g/mol. The summed E-state index contributed by atoms with van der Waals surface area (Å²) in [5.74, 6) is 0. The van der Waals surface area contributed by atoms with Crippen LogP contribution in [0.1, 0.15) is 51.9 Å². The molecule has 0 heterocycles. The predicted octanol–water partition coefficient (Wildman–Crippen LogP) is 4.20. The lowest BCUT2D eigenvalue weighted by Crippen LogP contribution is -2.35. The molecule has 0 bridgehead atoms. The first-order valence-electron chi connectivity index (χ1n) is 6.52. The van der Waals surface area contributed by atoms with Crippen LogP contribution in [0, 0.1) is 0 Å². The second-order valence-corrected chi connectivity index (χ2v) is 4.66. The second-order valence-electron chi connectivity index (χ2n) is 4.66. The summed E-state index contributed by atoms with van der Waals surface area (Å²) in [5.41, 5.74) is 0.962. The van der Waals surface area contributed by atoms with Crippen molar-refractivity contribution in [2.24, 2.45) is 0 Å². The average molecular weight is 249 g/mol. The summed E-state index contributed by atoms with van der Waals surface area (Å²) in [6, 6.07) is -0.516. The molecule has 0 amide bonds. The van der Waals surface area contributed by atoms with Gasteiger partial charge in [0.2, 0.25) is 0 Å². The maximum atomic E-state index is 12.5. The van der Waals surface area contributed by atoms with E-state index in [9.17, 15) is 13.2 Å². The highest BCUT2D eigenvalue weighted by atomic mass is 19.4. The Bertz CT molecular complexity index is 246. The first-order chi connectivity index (χ1) is 8.03. The highest BCUT2D eigenvalue weighted by molar-refractivity contribution is 5.12. The largest absolute Gasteiger partial charge is 0.390 e. The summed E-state index contributed by atoms with van der Waals surface area (Å²) in [4.78, 5) is 0. The number of allylic oxidation sites excluding steroid dienone is 1. The van der Waals surface area contributed by atoms with E-state index in [1.165, 1.54) is 6.42 Å². The van der Waals surface area contributed by atoms with Crippen LogP contribution in [0.15, 0.2) is 11.6 Å². The summed E-state index contributed by atoms with van der Waals surface area (Å²) in [6.45, 7) is 2.44. The first kappa shape index (κ1) is 14.6. The minimum absolute atomic E-state index is 0.516. The van der Waals surface area contributed by atoms with E-state index in [1.54, 1.807) is 0 Å². The van der Waals surface area contributed by atoms with Crippen LogP contribution in [0.25, 0.3) is 0 Å². The third-order valence-electron chi connectivity index (χ3n) is 3.16. The number of halogens is 3. The smallest absolute Gasteiger partial charge is 0.310 e. The van der Waals surface area contributed by atoms with E-state index in [0.717, 1.165) is 37.7 Å². The Morgan fingerprint density at radius 1 is 1.24 bits per heavy atom. The van der Waals surface area contributed by atoms with Crippen molar-refractivity contribution in [3.05, 3.63) is 11.6 Å². The van der Waals surface area contributed by atoms with Gasteiger partial charge in [0.1, 0.15) is 0 Å². The number of nitrogens with one attached hydrogen (secondary N) is 1. The van der Waals surface area contributed by atoms with E-state index in [1.807, 2.05) is 13.0 Å². The molecule has 0 saturated heterocycles. The van der Waals surface area contributed by atoms with Crippen molar-refractivity contribution in [2.45, 2.75) is 64.1 Å². The highest BCUT2D eigenvalue weighted by Crippen LogP contribution is 2.28. The Kier molecular flexibility index (Phi) is 6.03. The fraction of sp³-hybridized carbons (Fsp3) is 0.846. The van der Waals surface area contributed by atoms with Gasteiger partial charge in [-0.25, -0.2) is 0 Å². The van der Waals surface area contributed by atoms with Crippen LogP contribution in [-0.2, 0) is 0 Å². The molecule has 0 aromatic carbocycles. The third-order valence-corrected chi connectivity index (χ3v) is 3.16. The summed E-state index contributed by atoms with van der Waals surface area (Å²) >= 11 is 0. The molecule has 4 heteroatoms. The molecule has 0 radical (unpaired) electrons. The molecule has 0 saturated carbocycles. The van der Waals surface area contributed by atoms with Gasteiger partial charge in [-0.05, 0) is 32.2 Å². The molecule has 0 spiro atoms. The maximum Gasteiger partial charge on any atom is 0.390 e. The van der Waals surface area contributed by atoms with Gasteiger partial charge in [0.05, 0.1) is 6.42 Å². The van der Waals surface area contributed by atoms with Crippen LogP contribution >= 0.6 is 0 Å². The molecule has 1 aliphatic carbocycles. The quantitative estimate of drug-likeness (QED) is 0.736. The summed E-state index contributed by atoms with van der Waals surface area (Å²) in [5, 5.41) is 2.97. The molecule has 0 aliphatic heterocycles. The normalized spacial score (nSPS) is 20.4. The van der Waals surface area contributed by atoms with Crippen LogP contribution < -0.4 is 5.32 Å². The Hall–Kier alpha value is -0.510. The molecule has 1 atom stereocenters. The van der Waals surface area contributed by atoms with Gasteiger partial charge in [-0.15, -0.1) is 0 Å². The third kappa shape index (κ3) is 6.10. The van der Waals surface area contributed by atoms with Crippen molar-refractivity contribution in [3.63, 3.8) is 0 Å². The zero-order chi connectivity index (χ0) is 12.7. The number of alkyl halides is 3. The number of likely N-dealkylation sites (N-methyl/N-ethyl adjacent to an activating group) is 1. The van der Waals surface area contributed by atoms with E-state index in [-0.39, 0.29) is 0 Å². The van der Waals surface area contributed by atoms with Gasteiger partial charge in [0.15, 0.2) is 0 Å².